The van der Waals surface area contributed by atoms with E-state index >= 15 is 0 Å². The maximum absolute atomic E-state index is 13.1. The van der Waals surface area contributed by atoms with E-state index in [-0.39, 0.29) is 37.2 Å². The van der Waals surface area contributed by atoms with Crippen LogP contribution in [0, 0.1) is 12.8 Å². The zero-order valence-electron chi connectivity index (χ0n) is 19.5. The van der Waals surface area contributed by atoms with Gasteiger partial charge in [-0.3, -0.25) is 14.4 Å². The van der Waals surface area contributed by atoms with E-state index in [0.29, 0.717) is 27.7 Å². The molecule has 0 aromatic heterocycles. The summed E-state index contributed by atoms with van der Waals surface area (Å²) in [5.41, 5.74) is 3.06. The van der Waals surface area contributed by atoms with Crippen LogP contribution in [0.4, 0.5) is 11.4 Å². The van der Waals surface area contributed by atoms with Gasteiger partial charge in [0.25, 0.3) is 5.91 Å². The number of amides is 3. The number of nitrogens with one attached hydrogen (secondary N) is 2. The Hall–Kier alpha value is -3.84. The van der Waals surface area contributed by atoms with Crippen LogP contribution in [0.1, 0.15) is 27.9 Å². The van der Waals surface area contributed by atoms with E-state index in [1.165, 1.54) is 0 Å². The van der Waals surface area contributed by atoms with Gasteiger partial charge in [0.2, 0.25) is 11.8 Å². The first kappa shape index (κ1) is 24.3. The van der Waals surface area contributed by atoms with Gasteiger partial charge in [-0.25, -0.2) is 0 Å². The lowest BCUT2D eigenvalue weighted by molar-refractivity contribution is -0.122. The smallest absolute Gasteiger partial charge is 0.253 e. The molecule has 3 aromatic carbocycles. The van der Waals surface area contributed by atoms with Gasteiger partial charge < -0.3 is 20.3 Å². The number of benzene rings is 3. The Labute approximate surface area is 209 Å². The standard InChI is InChI=1S/C27H26ClN3O4/c1-17-21(28)10-7-12-23(17)31-16-19(14-25(31)32)26(33)30-22-11-5-4-9-20(22)27(34)29-15-18-8-3-6-13-24(18)35-2/h3-13,19H,14-16H2,1-2H3,(H,29,34)(H,30,33)/t19-/m0/s1. The minimum Gasteiger partial charge on any atom is -0.496 e. The van der Waals surface area contributed by atoms with E-state index in [2.05, 4.69) is 10.6 Å². The Kier molecular flexibility index (Phi) is 7.36. The molecule has 0 aliphatic carbocycles. The fourth-order valence-electron chi connectivity index (χ4n) is 4.15. The number of rotatable bonds is 7. The number of anilines is 2. The van der Waals surface area contributed by atoms with E-state index in [9.17, 15) is 14.4 Å². The summed E-state index contributed by atoms with van der Waals surface area (Å²) in [6.45, 7) is 2.36. The lowest BCUT2D eigenvalue weighted by atomic mass is 10.1. The van der Waals surface area contributed by atoms with Crippen LogP contribution in [0.15, 0.2) is 66.7 Å². The van der Waals surface area contributed by atoms with Crippen molar-refractivity contribution < 1.29 is 19.1 Å². The van der Waals surface area contributed by atoms with Crippen LogP contribution in [0.25, 0.3) is 0 Å². The largest absolute Gasteiger partial charge is 0.496 e. The molecular formula is C27H26ClN3O4. The second kappa shape index (κ2) is 10.6. The predicted molar refractivity (Wildman–Crippen MR) is 136 cm³/mol. The highest BCUT2D eigenvalue weighted by atomic mass is 35.5. The van der Waals surface area contributed by atoms with Crippen molar-refractivity contribution in [3.63, 3.8) is 0 Å². The third kappa shape index (κ3) is 5.30. The van der Waals surface area contributed by atoms with E-state index < -0.39 is 5.92 Å². The quantitative estimate of drug-likeness (QED) is 0.506. The van der Waals surface area contributed by atoms with Crippen molar-refractivity contribution in [3.05, 3.63) is 88.4 Å². The van der Waals surface area contributed by atoms with Crippen LogP contribution in [-0.2, 0) is 16.1 Å². The molecule has 1 atom stereocenters. The molecule has 8 heteroatoms. The molecule has 7 nitrogen and oxygen atoms in total. The number of carbonyl (C=O) groups excluding carboxylic acids is 3. The van der Waals surface area contributed by atoms with Crippen LogP contribution in [-0.4, -0.2) is 31.4 Å². The zero-order valence-corrected chi connectivity index (χ0v) is 20.3. The van der Waals surface area contributed by atoms with Gasteiger partial charge >= 0.3 is 0 Å². The Bertz CT molecular complexity index is 1280. The van der Waals surface area contributed by atoms with E-state index in [0.717, 1.165) is 11.1 Å². The first-order valence-electron chi connectivity index (χ1n) is 11.2. The highest BCUT2D eigenvalue weighted by Crippen LogP contribution is 2.32. The molecule has 2 N–H and O–H groups in total. The second-order valence-corrected chi connectivity index (χ2v) is 8.73. The molecule has 1 aliphatic heterocycles. The Morgan fingerprint density at radius 2 is 1.80 bits per heavy atom. The fraction of sp³-hybridized carbons (Fsp3) is 0.222. The molecule has 1 heterocycles. The molecule has 0 radical (unpaired) electrons. The van der Waals surface area contributed by atoms with Gasteiger partial charge in [-0.05, 0) is 42.8 Å². The number of ether oxygens (including phenoxy) is 1. The number of nitrogens with zero attached hydrogens (tertiary/aromatic N) is 1. The Morgan fingerprint density at radius 1 is 1.06 bits per heavy atom. The summed E-state index contributed by atoms with van der Waals surface area (Å²) >= 11 is 6.21. The van der Waals surface area contributed by atoms with Crippen molar-refractivity contribution in [1.82, 2.24) is 5.32 Å². The fourth-order valence-corrected chi connectivity index (χ4v) is 4.32. The van der Waals surface area contributed by atoms with Gasteiger partial charge in [0.05, 0.1) is 24.3 Å². The molecule has 0 unspecified atom stereocenters. The van der Waals surface area contributed by atoms with Gasteiger partial charge in [0, 0.05) is 35.8 Å². The summed E-state index contributed by atoms with van der Waals surface area (Å²) in [6.07, 6.45) is 0.0833. The van der Waals surface area contributed by atoms with Crippen molar-refractivity contribution in [2.75, 3.05) is 23.9 Å². The third-order valence-corrected chi connectivity index (χ3v) is 6.50. The highest BCUT2D eigenvalue weighted by Gasteiger charge is 2.36. The van der Waals surface area contributed by atoms with Crippen molar-refractivity contribution in [1.29, 1.82) is 0 Å². The molecule has 4 rings (SSSR count). The molecule has 35 heavy (non-hydrogen) atoms. The normalized spacial score (nSPS) is 15.1. The summed E-state index contributed by atoms with van der Waals surface area (Å²) in [5.74, 6) is -0.653. The third-order valence-electron chi connectivity index (χ3n) is 6.09. The lowest BCUT2D eigenvalue weighted by Crippen LogP contribution is -2.29. The van der Waals surface area contributed by atoms with Crippen molar-refractivity contribution in [2.24, 2.45) is 5.92 Å². The lowest BCUT2D eigenvalue weighted by Gasteiger charge is -2.20. The topological polar surface area (TPSA) is 87.7 Å². The number of hydrogen-bond donors (Lipinski definition) is 2. The number of methoxy groups -OCH3 is 1. The van der Waals surface area contributed by atoms with Crippen LogP contribution < -0.4 is 20.3 Å². The number of hydrogen-bond acceptors (Lipinski definition) is 4. The molecule has 3 amide bonds. The van der Waals surface area contributed by atoms with Crippen LogP contribution in [0.3, 0.4) is 0 Å². The van der Waals surface area contributed by atoms with Gasteiger partial charge in [-0.15, -0.1) is 0 Å². The molecule has 0 bridgehead atoms. The van der Waals surface area contributed by atoms with Gasteiger partial charge in [-0.1, -0.05) is 48.0 Å². The van der Waals surface area contributed by atoms with Crippen molar-refractivity contribution in [3.8, 4) is 5.75 Å². The number of halogens is 1. The summed E-state index contributed by atoms with van der Waals surface area (Å²) in [5, 5.41) is 6.28. The number of carbonyl (C=O) groups is 3. The maximum Gasteiger partial charge on any atom is 0.253 e. The minimum atomic E-state index is -0.550. The second-order valence-electron chi connectivity index (χ2n) is 8.32. The van der Waals surface area contributed by atoms with E-state index in [4.69, 9.17) is 16.3 Å². The first-order chi connectivity index (χ1) is 16.9. The molecule has 180 valence electrons. The molecule has 3 aromatic rings. The zero-order chi connectivity index (χ0) is 24.9. The summed E-state index contributed by atoms with van der Waals surface area (Å²) in [6, 6.07) is 19.6. The average Bonchev–Trinajstić information content (AvgIpc) is 3.26. The molecule has 0 saturated carbocycles. The Morgan fingerprint density at radius 3 is 2.60 bits per heavy atom. The maximum atomic E-state index is 13.1. The highest BCUT2D eigenvalue weighted by molar-refractivity contribution is 6.31. The predicted octanol–water partition coefficient (Wildman–Crippen LogP) is 4.58. The number of para-hydroxylation sites is 2. The van der Waals surface area contributed by atoms with E-state index in [1.807, 2.05) is 37.3 Å². The van der Waals surface area contributed by atoms with Crippen molar-refractivity contribution >= 4 is 40.7 Å². The van der Waals surface area contributed by atoms with Crippen LogP contribution in [0.5, 0.6) is 5.75 Å². The van der Waals surface area contributed by atoms with Gasteiger partial charge in [0.1, 0.15) is 5.75 Å². The molecule has 0 spiro atoms. The molecule has 1 fully saturated rings. The minimum absolute atomic E-state index is 0.0833. The van der Waals surface area contributed by atoms with Crippen LogP contribution in [0.2, 0.25) is 5.02 Å². The van der Waals surface area contributed by atoms with E-state index in [1.54, 1.807) is 48.4 Å². The van der Waals surface area contributed by atoms with Crippen LogP contribution >= 0.6 is 11.6 Å². The monoisotopic (exact) mass is 491 g/mol. The van der Waals surface area contributed by atoms with Gasteiger partial charge in [-0.2, -0.15) is 0 Å². The SMILES string of the molecule is COc1ccccc1CNC(=O)c1ccccc1NC(=O)[C@H]1CC(=O)N(c2cccc(Cl)c2C)C1. The van der Waals surface area contributed by atoms with Gasteiger partial charge in [0.15, 0.2) is 0 Å². The summed E-state index contributed by atoms with van der Waals surface area (Å²) < 4.78 is 5.33. The first-order valence-corrected chi connectivity index (χ1v) is 11.6. The summed E-state index contributed by atoms with van der Waals surface area (Å²) in [4.78, 5) is 40.3. The van der Waals surface area contributed by atoms with Crippen molar-refractivity contribution in [2.45, 2.75) is 19.9 Å². The molecular weight excluding hydrogens is 466 g/mol. The molecule has 1 saturated heterocycles. The average molecular weight is 492 g/mol. The molecule has 1 aliphatic rings. The Balaban J connectivity index is 1.44. The summed E-state index contributed by atoms with van der Waals surface area (Å²) in [7, 11) is 1.58.